The lowest BCUT2D eigenvalue weighted by Crippen LogP contribution is -2.26. The summed E-state index contributed by atoms with van der Waals surface area (Å²) in [6, 6.07) is 18.0. The molecule has 1 amide bonds. The number of amides is 1. The third-order valence-corrected chi connectivity index (χ3v) is 4.24. The van der Waals surface area contributed by atoms with Crippen LogP contribution in [-0.4, -0.2) is 5.91 Å². The van der Waals surface area contributed by atoms with Crippen molar-refractivity contribution >= 4 is 29.1 Å². The van der Waals surface area contributed by atoms with Crippen molar-refractivity contribution in [2.75, 3.05) is 0 Å². The summed E-state index contributed by atoms with van der Waals surface area (Å²) >= 11 is 12.2. The molecule has 1 heterocycles. The van der Waals surface area contributed by atoms with Gasteiger partial charge < -0.3 is 9.73 Å². The van der Waals surface area contributed by atoms with Crippen LogP contribution in [0.1, 0.15) is 29.1 Å². The van der Waals surface area contributed by atoms with Gasteiger partial charge in [0.2, 0.25) is 0 Å². The molecular weight excluding hydrogens is 345 g/mol. The summed E-state index contributed by atoms with van der Waals surface area (Å²) in [7, 11) is 0. The number of rotatable bonds is 4. The van der Waals surface area contributed by atoms with Gasteiger partial charge in [0.1, 0.15) is 5.76 Å². The Balaban J connectivity index is 1.78. The van der Waals surface area contributed by atoms with Crippen LogP contribution in [0.2, 0.25) is 10.0 Å². The number of hydrogen-bond donors (Lipinski definition) is 1. The Hall–Kier alpha value is -2.23. The Morgan fingerprint density at radius 3 is 2.54 bits per heavy atom. The molecule has 0 bridgehead atoms. The van der Waals surface area contributed by atoms with Gasteiger partial charge in [-0.05, 0) is 42.8 Å². The van der Waals surface area contributed by atoms with Crippen LogP contribution < -0.4 is 5.32 Å². The topological polar surface area (TPSA) is 42.2 Å². The smallest absolute Gasteiger partial charge is 0.287 e. The third kappa shape index (κ3) is 3.64. The number of nitrogens with one attached hydrogen (secondary N) is 1. The van der Waals surface area contributed by atoms with Crippen LogP contribution in [0.5, 0.6) is 0 Å². The van der Waals surface area contributed by atoms with Crippen LogP contribution in [-0.2, 0) is 0 Å². The Bertz CT molecular complexity index is 859. The van der Waals surface area contributed by atoms with Crippen LogP contribution in [0.3, 0.4) is 0 Å². The first-order valence-corrected chi connectivity index (χ1v) is 8.21. The van der Waals surface area contributed by atoms with Gasteiger partial charge >= 0.3 is 0 Å². The van der Waals surface area contributed by atoms with Gasteiger partial charge in [-0.1, -0.05) is 53.5 Å². The predicted molar refractivity (Wildman–Crippen MR) is 96.5 cm³/mol. The molecule has 2 aromatic carbocycles. The average Bonchev–Trinajstić information content (AvgIpc) is 3.08. The maximum atomic E-state index is 12.4. The fraction of sp³-hybridized carbons (Fsp3) is 0.105. The molecule has 0 fully saturated rings. The predicted octanol–water partition coefficient (Wildman–Crippen LogP) is 5.74. The van der Waals surface area contributed by atoms with Gasteiger partial charge in [0, 0.05) is 10.6 Å². The molecule has 1 N–H and O–H groups in total. The van der Waals surface area contributed by atoms with E-state index in [1.807, 2.05) is 37.3 Å². The Morgan fingerprint density at radius 1 is 1.04 bits per heavy atom. The number of furan rings is 1. The fourth-order valence-corrected chi connectivity index (χ4v) is 2.77. The largest absolute Gasteiger partial charge is 0.451 e. The van der Waals surface area contributed by atoms with Crippen LogP contribution >= 0.6 is 23.2 Å². The summed E-state index contributed by atoms with van der Waals surface area (Å²) < 4.78 is 5.65. The minimum absolute atomic E-state index is 0.123. The third-order valence-electron chi connectivity index (χ3n) is 3.67. The number of halogens is 2. The van der Waals surface area contributed by atoms with Gasteiger partial charge in [0.15, 0.2) is 5.76 Å². The van der Waals surface area contributed by atoms with E-state index >= 15 is 0 Å². The number of hydrogen-bond acceptors (Lipinski definition) is 2. The van der Waals surface area contributed by atoms with Crippen LogP contribution in [0, 0.1) is 0 Å². The molecule has 0 aliphatic carbocycles. The molecule has 1 unspecified atom stereocenters. The lowest BCUT2D eigenvalue weighted by molar-refractivity contribution is 0.0912. The zero-order valence-electron chi connectivity index (χ0n) is 12.9. The van der Waals surface area contributed by atoms with Gasteiger partial charge in [-0.15, -0.1) is 0 Å². The fourth-order valence-electron chi connectivity index (χ4n) is 2.38. The lowest BCUT2D eigenvalue weighted by Gasteiger charge is -2.13. The van der Waals surface area contributed by atoms with Crippen molar-refractivity contribution in [2.24, 2.45) is 0 Å². The highest BCUT2D eigenvalue weighted by molar-refractivity contribution is 6.35. The molecule has 3 rings (SSSR count). The zero-order chi connectivity index (χ0) is 17.1. The van der Waals surface area contributed by atoms with Gasteiger partial charge in [-0.25, -0.2) is 0 Å². The highest BCUT2D eigenvalue weighted by Crippen LogP contribution is 2.31. The molecule has 24 heavy (non-hydrogen) atoms. The van der Waals surface area contributed by atoms with E-state index < -0.39 is 0 Å². The molecule has 0 saturated carbocycles. The molecular formula is C19H15Cl2NO2. The zero-order valence-corrected chi connectivity index (χ0v) is 14.4. The molecule has 122 valence electrons. The standard InChI is InChI=1S/C19H15Cl2NO2/c1-12(13-5-3-2-4-6-13)22-19(23)18-10-9-17(24-18)15-11-14(20)7-8-16(15)21/h2-12H,1H3,(H,22,23). The lowest BCUT2D eigenvalue weighted by atomic mass is 10.1. The van der Waals surface area contributed by atoms with Crippen LogP contribution in [0.15, 0.2) is 65.1 Å². The van der Waals surface area contributed by atoms with Crippen LogP contribution in [0.4, 0.5) is 0 Å². The van der Waals surface area contributed by atoms with E-state index in [2.05, 4.69) is 5.32 Å². The maximum absolute atomic E-state index is 12.4. The summed E-state index contributed by atoms with van der Waals surface area (Å²) in [6.45, 7) is 1.92. The monoisotopic (exact) mass is 359 g/mol. The molecule has 0 aliphatic heterocycles. The summed E-state index contributed by atoms with van der Waals surface area (Å²) in [4.78, 5) is 12.4. The second-order valence-corrected chi connectivity index (χ2v) is 6.24. The number of benzene rings is 2. The van der Waals surface area contributed by atoms with E-state index in [0.29, 0.717) is 21.4 Å². The van der Waals surface area contributed by atoms with Crippen molar-refractivity contribution in [3.8, 4) is 11.3 Å². The highest BCUT2D eigenvalue weighted by Gasteiger charge is 2.16. The van der Waals surface area contributed by atoms with E-state index in [1.165, 1.54) is 0 Å². The van der Waals surface area contributed by atoms with Gasteiger partial charge in [-0.3, -0.25) is 4.79 Å². The summed E-state index contributed by atoms with van der Waals surface area (Å²) in [6.07, 6.45) is 0. The van der Waals surface area contributed by atoms with Gasteiger partial charge in [0.05, 0.1) is 11.1 Å². The van der Waals surface area contributed by atoms with Crippen molar-refractivity contribution in [2.45, 2.75) is 13.0 Å². The number of carbonyl (C=O) groups excluding carboxylic acids is 1. The van der Waals surface area contributed by atoms with E-state index in [4.69, 9.17) is 27.6 Å². The molecule has 5 heteroatoms. The minimum Gasteiger partial charge on any atom is -0.451 e. The molecule has 0 radical (unpaired) electrons. The van der Waals surface area contributed by atoms with Crippen molar-refractivity contribution < 1.29 is 9.21 Å². The normalized spacial score (nSPS) is 12.0. The molecule has 3 nitrogen and oxygen atoms in total. The first kappa shape index (κ1) is 16.6. The molecule has 0 saturated heterocycles. The first-order valence-electron chi connectivity index (χ1n) is 7.45. The summed E-state index contributed by atoms with van der Waals surface area (Å²) in [5.41, 5.74) is 1.68. The van der Waals surface area contributed by atoms with Crippen molar-refractivity contribution in [3.05, 3.63) is 82.0 Å². The van der Waals surface area contributed by atoms with E-state index in [-0.39, 0.29) is 17.7 Å². The summed E-state index contributed by atoms with van der Waals surface area (Å²) in [5, 5.41) is 3.97. The molecule has 1 aromatic heterocycles. The quantitative estimate of drug-likeness (QED) is 0.644. The number of carbonyl (C=O) groups is 1. The molecule has 0 aliphatic rings. The molecule has 3 aromatic rings. The SMILES string of the molecule is CC(NC(=O)c1ccc(-c2cc(Cl)ccc2Cl)o1)c1ccccc1. The Morgan fingerprint density at radius 2 is 1.79 bits per heavy atom. The molecule has 1 atom stereocenters. The second-order valence-electron chi connectivity index (χ2n) is 5.39. The minimum atomic E-state index is -0.282. The van der Waals surface area contributed by atoms with Crippen molar-refractivity contribution in [1.29, 1.82) is 0 Å². The second kappa shape index (κ2) is 7.12. The first-order chi connectivity index (χ1) is 11.5. The van der Waals surface area contributed by atoms with Gasteiger partial charge in [0.25, 0.3) is 5.91 Å². The maximum Gasteiger partial charge on any atom is 0.287 e. The van der Waals surface area contributed by atoms with E-state index in [0.717, 1.165) is 5.56 Å². The van der Waals surface area contributed by atoms with Crippen molar-refractivity contribution in [1.82, 2.24) is 5.32 Å². The van der Waals surface area contributed by atoms with Crippen LogP contribution in [0.25, 0.3) is 11.3 Å². The van der Waals surface area contributed by atoms with Crippen molar-refractivity contribution in [3.63, 3.8) is 0 Å². The van der Waals surface area contributed by atoms with E-state index in [1.54, 1.807) is 30.3 Å². The van der Waals surface area contributed by atoms with E-state index in [9.17, 15) is 4.79 Å². The average molecular weight is 360 g/mol. The summed E-state index contributed by atoms with van der Waals surface area (Å²) in [5.74, 6) is 0.444. The Kier molecular flexibility index (Phi) is 4.93. The Labute approximate surface area is 150 Å². The highest BCUT2D eigenvalue weighted by atomic mass is 35.5. The molecule has 0 spiro atoms. The van der Waals surface area contributed by atoms with Gasteiger partial charge in [-0.2, -0.15) is 0 Å².